The Balaban J connectivity index is 1.65. The van der Waals surface area contributed by atoms with Crippen LogP contribution >= 0.6 is 11.8 Å². The topological polar surface area (TPSA) is 59.8 Å². The van der Waals surface area contributed by atoms with Crippen LogP contribution in [0.25, 0.3) is 11.4 Å². The van der Waals surface area contributed by atoms with Crippen LogP contribution in [0.1, 0.15) is 18.5 Å². The number of halogens is 1. The van der Waals surface area contributed by atoms with Gasteiger partial charge in [0.15, 0.2) is 11.0 Å². The summed E-state index contributed by atoms with van der Waals surface area (Å²) in [6.45, 7) is 6.21. The number of benzene rings is 2. The number of aromatic nitrogens is 3. The third-order valence-electron chi connectivity index (χ3n) is 4.14. The van der Waals surface area contributed by atoms with Crippen molar-refractivity contribution in [1.82, 2.24) is 20.1 Å². The van der Waals surface area contributed by atoms with E-state index in [0.717, 1.165) is 17.0 Å². The Labute approximate surface area is 167 Å². The number of carbonyl (C=O) groups excluding carboxylic acids is 1. The minimum absolute atomic E-state index is 0.128. The minimum atomic E-state index is -0.298. The van der Waals surface area contributed by atoms with Crippen molar-refractivity contribution in [3.05, 3.63) is 78.6 Å². The lowest BCUT2D eigenvalue weighted by Crippen LogP contribution is -2.28. The highest BCUT2D eigenvalue weighted by molar-refractivity contribution is 7.99. The van der Waals surface area contributed by atoms with E-state index < -0.39 is 0 Å². The van der Waals surface area contributed by atoms with Crippen LogP contribution in [0.3, 0.4) is 0 Å². The van der Waals surface area contributed by atoms with E-state index in [-0.39, 0.29) is 23.5 Å². The van der Waals surface area contributed by atoms with E-state index in [1.165, 1.54) is 23.9 Å². The molecule has 0 unspecified atom stereocenters. The molecule has 0 aliphatic carbocycles. The van der Waals surface area contributed by atoms with E-state index in [0.29, 0.717) is 11.7 Å². The summed E-state index contributed by atoms with van der Waals surface area (Å²) in [5.41, 5.74) is 1.80. The molecule has 1 amide bonds. The fourth-order valence-corrected chi connectivity index (χ4v) is 3.50. The molecule has 2 aromatic carbocycles. The van der Waals surface area contributed by atoms with Crippen molar-refractivity contribution in [3.63, 3.8) is 0 Å². The summed E-state index contributed by atoms with van der Waals surface area (Å²) in [5, 5.41) is 12.1. The zero-order chi connectivity index (χ0) is 19.9. The summed E-state index contributed by atoms with van der Waals surface area (Å²) in [4.78, 5) is 12.3. The van der Waals surface area contributed by atoms with Gasteiger partial charge in [0, 0.05) is 12.1 Å². The highest BCUT2D eigenvalue weighted by Crippen LogP contribution is 2.24. The van der Waals surface area contributed by atoms with Crippen molar-refractivity contribution in [2.24, 2.45) is 0 Å². The van der Waals surface area contributed by atoms with E-state index in [2.05, 4.69) is 22.1 Å². The highest BCUT2D eigenvalue weighted by Gasteiger charge is 2.16. The Hall–Kier alpha value is -2.93. The molecule has 1 aromatic heterocycles. The minimum Gasteiger partial charge on any atom is -0.349 e. The van der Waals surface area contributed by atoms with Gasteiger partial charge in [-0.2, -0.15) is 0 Å². The van der Waals surface area contributed by atoms with E-state index in [4.69, 9.17) is 0 Å². The summed E-state index contributed by atoms with van der Waals surface area (Å²) < 4.78 is 15.0. The Bertz CT molecular complexity index is 941. The first-order chi connectivity index (χ1) is 13.6. The number of nitrogens with zero attached hydrogens (tertiary/aromatic N) is 3. The molecule has 1 atom stereocenters. The van der Waals surface area contributed by atoms with Gasteiger partial charge in [0.25, 0.3) is 0 Å². The van der Waals surface area contributed by atoms with Crippen molar-refractivity contribution in [3.8, 4) is 11.4 Å². The molecular weight excluding hydrogens is 375 g/mol. The Morgan fingerprint density at radius 3 is 2.61 bits per heavy atom. The van der Waals surface area contributed by atoms with E-state index in [1.54, 1.807) is 18.2 Å². The van der Waals surface area contributed by atoms with E-state index >= 15 is 0 Å². The lowest BCUT2D eigenvalue weighted by molar-refractivity contribution is -0.119. The zero-order valence-corrected chi connectivity index (χ0v) is 16.3. The number of carbonyl (C=O) groups is 1. The third-order valence-corrected chi connectivity index (χ3v) is 5.11. The molecule has 3 aromatic rings. The first-order valence-corrected chi connectivity index (χ1v) is 9.84. The van der Waals surface area contributed by atoms with Crippen LogP contribution in [0.4, 0.5) is 4.39 Å². The molecule has 0 bridgehead atoms. The second-order valence-corrected chi connectivity index (χ2v) is 7.14. The maximum atomic E-state index is 13.0. The Kier molecular flexibility index (Phi) is 6.60. The summed E-state index contributed by atoms with van der Waals surface area (Å²) >= 11 is 1.32. The average molecular weight is 396 g/mol. The van der Waals surface area contributed by atoms with Gasteiger partial charge < -0.3 is 5.32 Å². The number of hydrogen-bond donors (Lipinski definition) is 1. The van der Waals surface area contributed by atoms with E-state index in [1.807, 2.05) is 41.8 Å². The van der Waals surface area contributed by atoms with Crippen LogP contribution in [0, 0.1) is 5.82 Å². The largest absolute Gasteiger partial charge is 0.349 e. The molecule has 0 aliphatic rings. The molecule has 7 heteroatoms. The number of amides is 1. The first kappa shape index (κ1) is 19.8. The fourth-order valence-electron chi connectivity index (χ4n) is 2.74. The maximum absolute atomic E-state index is 13.0. The van der Waals surface area contributed by atoms with Crippen LogP contribution < -0.4 is 5.32 Å². The van der Waals surface area contributed by atoms with Crippen LogP contribution in [-0.2, 0) is 11.3 Å². The van der Waals surface area contributed by atoms with E-state index in [9.17, 15) is 9.18 Å². The predicted octanol–water partition coefficient (Wildman–Crippen LogP) is 4.24. The average Bonchev–Trinajstić information content (AvgIpc) is 3.10. The molecule has 144 valence electrons. The van der Waals surface area contributed by atoms with Crippen molar-refractivity contribution in [2.75, 3.05) is 5.75 Å². The molecule has 1 heterocycles. The monoisotopic (exact) mass is 396 g/mol. The summed E-state index contributed by atoms with van der Waals surface area (Å²) in [7, 11) is 0. The molecule has 3 rings (SSSR count). The van der Waals surface area contributed by atoms with Crippen LogP contribution in [-0.4, -0.2) is 26.4 Å². The number of rotatable bonds is 8. The quantitative estimate of drug-likeness (QED) is 0.457. The van der Waals surface area contributed by atoms with Gasteiger partial charge in [-0.15, -0.1) is 16.8 Å². The van der Waals surface area contributed by atoms with Crippen molar-refractivity contribution in [2.45, 2.75) is 24.7 Å². The number of thioether (sulfide) groups is 1. The smallest absolute Gasteiger partial charge is 0.230 e. The molecule has 0 fully saturated rings. The normalized spacial score (nSPS) is 11.8. The maximum Gasteiger partial charge on any atom is 0.230 e. The van der Waals surface area contributed by atoms with Crippen LogP contribution in [0.15, 0.2) is 72.4 Å². The van der Waals surface area contributed by atoms with Crippen molar-refractivity contribution < 1.29 is 9.18 Å². The molecule has 0 spiro atoms. The number of allylic oxidation sites excluding steroid dienone is 1. The molecule has 0 radical (unpaired) electrons. The van der Waals surface area contributed by atoms with Crippen molar-refractivity contribution in [1.29, 1.82) is 0 Å². The van der Waals surface area contributed by atoms with Crippen LogP contribution in [0.5, 0.6) is 0 Å². The predicted molar refractivity (Wildman–Crippen MR) is 109 cm³/mol. The van der Waals surface area contributed by atoms with Gasteiger partial charge in [0.1, 0.15) is 5.82 Å². The number of nitrogens with one attached hydrogen (secondary N) is 1. The van der Waals surface area contributed by atoms with Gasteiger partial charge in [0.2, 0.25) is 5.91 Å². The summed E-state index contributed by atoms with van der Waals surface area (Å²) in [6, 6.07) is 15.7. The lowest BCUT2D eigenvalue weighted by Gasteiger charge is -2.14. The van der Waals surface area contributed by atoms with Gasteiger partial charge in [-0.05, 0) is 24.6 Å². The number of hydrogen-bond acceptors (Lipinski definition) is 4. The van der Waals surface area contributed by atoms with Crippen molar-refractivity contribution >= 4 is 17.7 Å². The van der Waals surface area contributed by atoms with Gasteiger partial charge in [-0.3, -0.25) is 9.36 Å². The van der Waals surface area contributed by atoms with Gasteiger partial charge in [0.05, 0.1) is 11.8 Å². The van der Waals surface area contributed by atoms with Crippen LogP contribution in [0.2, 0.25) is 0 Å². The first-order valence-electron chi connectivity index (χ1n) is 8.85. The second-order valence-electron chi connectivity index (χ2n) is 6.20. The molecule has 0 saturated heterocycles. The van der Waals surface area contributed by atoms with Gasteiger partial charge >= 0.3 is 0 Å². The lowest BCUT2D eigenvalue weighted by atomic mass is 10.1. The summed E-state index contributed by atoms with van der Waals surface area (Å²) in [5.74, 6) is 0.517. The highest BCUT2D eigenvalue weighted by atomic mass is 32.2. The fraction of sp³-hybridized carbons (Fsp3) is 0.190. The summed E-state index contributed by atoms with van der Waals surface area (Å²) in [6.07, 6.45) is 1.77. The van der Waals surface area contributed by atoms with Gasteiger partial charge in [-0.1, -0.05) is 60.3 Å². The third kappa shape index (κ3) is 4.86. The second kappa shape index (κ2) is 9.32. The SMILES string of the molecule is C=CCn1c(SCC(=O)N[C@H](C)c2ccc(F)cc2)nnc1-c1ccccc1. The molecule has 1 N–H and O–H groups in total. The molecule has 5 nitrogen and oxygen atoms in total. The molecule has 28 heavy (non-hydrogen) atoms. The Morgan fingerprint density at radius 2 is 1.93 bits per heavy atom. The zero-order valence-electron chi connectivity index (χ0n) is 15.5. The molecule has 0 saturated carbocycles. The Morgan fingerprint density at radius 1 is 1.21 bits per heavy atom. The van der Waals surface area contributed by atoms with Gasteiger partial charge in [-0.25, -0.2) is 4.39 Å². The molecular formula is C21H21FN4OS. The molecule has 0 aliphatic heterocycles. The standard InChI is InChI=1S/C21H21FN4OS/c1-3-13-26-20(17-7-5-4-6-8-17)24-25-21(26)28-14-19(27)23-15(2)16-9-11-18(22)12-10-16/h3-12,15H,1,13-14H2,2H3,(H,23,27)/t15-/m1/s1.